The van der Waals surface area contributed by atoms with Gasteiger partial charge in [-0.15, -0.1) is 0 Å². The van der Waals surface area contributed by atoms with E-state index in [-0.39, 0.29) is 47.3 Å². The number of aromatic nitrogens is 2. The summed E-state index contributed by atoms with van der Waals surface area (Å²) in [5.41, 5.74) is 1.24. The van der Waals surface area contributed by atoms with Crippen LogP contribution in [0.2, 0.25) is 0 Å². The second-order valence-electron chi connectivity index (χ2n) is 11.5. The number of piperazine rings is 1. The Morgan fingerprint density at radius 1 is 1.07 bits per heavy atom. The molecule has 1 atom stereocenters. The molecule has 2 aromatic carbocycles. The van der Waals surface area contributed by atoms with Gasteiger partial charge in [-0.1, -0.05) is 13.0 Å². The zero-order valence-electron chi connectivity index (χ0n) is 27.1. The largest absolute Gasteiger partial charge is 0.495 e. The predicted molar refractivity (Wildman–Crippen MR) is 175 cm³/mol. The summed E-state index contributed by atoms with van der Waals surface area (Å²) in [5, 5.41) is 16.0. The molecule has 0 radical (unpaired) electrons. The molecular weight excluding hydrogens is 593 g/mol. The van der Waals surface area contributed by atoms with Gasteiger partial charge in [-0.2, -0.15) is 4.98 Å². The van der Waals surface area contributed by atoms with E-state index in [4.69, 9.17) is 9.47 Å². The van der Waals surface area contributed by atoms with E-state index in [0.29, 0.717) is 30.4 Å². The summed E-state index contributed by atoms with van der Waals surface area (Å²) in [5.74, 6) is -0.182. The van der Waals surface area contributed by atoms with Crippen LogP contribution >= 0.6 is 0 Å². The first-order valence-corrected chi connectivity index (χ1v) is 15.6. The maximum Gasteiger partial charge on any atom is 0.417 e. The minimum absolute atomic E-state index is 0.0419. The quantitative estimate of drug-likeness (QED) is 0.221. The molecule has 2 heterocycles. The molecule has 1 aliphatic heterocycles. The van der Waals surface area contributed by atoms with E-state index in [1.54, 1.807) is 24.3 Å². The lowest BCUT2D eigenvalue weighted by atomic mass is 10.1. The van der Waals surface area contributed by atoms with Crippen LogP contribution in [0.15, 0.2) is 48.7 Å². The van der Waals surface area contributed by atoms with E-state index in [9.17, 15) is 19.1 Å². The lowest BCUT2D eigenvalue weighted by molar-refractivity contribution is -0.121. The Bertz CT molecular complexity index is 1480. The zero-order chi connectivity index (χ0) is 33.2. The second-order valence-corrected chi connectivity index (χ2v) is 11.5. The first-order chi connectivity index (χ1) is 22.1. The highest BCUT2D eigenvalue weighted by atomic mass is 19.1. The summed E-state index contributed by atoms with van der Waals surface area (Å²) < 4.78 is 26.1. The number of carbonyl (C=O) groups is 2. The maximum atomic E-state index is 14.9. The van der Waals surface area contributed by atoms with E-state index in [2.05, 4.69) is 44.2 Å². The molecule has 248 valence electrons. The van der Waals surface area contributed by atoms with Crippen molar-refractivity contribution < 1.29 is 28.6 Å². The van der Waals surface area contributed by atoms with Crippen molar-refractivity contribution in [2.45, 2.75) is 52.6 Å². The van der Waals surface area contributed by atoms with Crippen LogP contribution in [0.3, 0.4) is 0 Å². The van der Waals surface area contributed by atoms with E-state index < -0.39 is 11.9 Å². The number of halogens is 1. The van der Waals surface area contributed by atoms with Crippen LogP contribution in [0.25, 0.3) is 0 Å². The van der Waals surface area contributed by atoms with Gasteiger partial charge < -0.3 is 25.2 Å². The molecule has 3 aromatic rings. The lowest BCUT2D eigenvalue weighted by Gasteiger charge is -2.36. The Morgan fingerprint density at radius 3 is 2.48 bits per heavy atom. The van der Waals surface area contributed by atoms with E-state index >= 15 is 0 Å². The van der Waals surface area contributed by atoms with Gasteiger partial charge in [0.15, 0.2) is 11.6 Å². The van der Waals surface area contributed by atoms with Crippen LogP contribution in [-0.4, -0.2) is 95.4 Å². The van der Waals surface area contributed by atoms with Gasteiger partial charge in [0, 0.05) is 68.8 Å². The van der Waals surface area contributed by atoms with Gasteiger partial charge in [0.25, 0.3) is 0 Å². The number of anilines is 4. The van der Waals surface area contributed by atoms with Crippen molar-refractivity contribution >= 4 is 35.1 Å². The fourth-order valence-corrected chi connectivity index (χ4v) is 5.10. The Labute approximate surface area is 269 Å². The lowest BCUT2D eigenvalue weighted by Crippen LogP contribution is -2.49. The van der Waals surface area contributed by atoms with Crippen molar-refractivity contribution in [1.82, 2.24) is 25.1 Å². The van der Waals surface area contributed by atoms with Gasteiger partial charge in [0.1, 0.15) is 18.2 Å². The summed E-state index contributed by atoms with van der Waals surface area (Å²) in [4.78, 5) is 39.0. The Kier molecular flexibility index (Phi) is 12.1. The topological polar surface area (TPSA) is 132 Å². The number of ether oxygens (including phenoxy) is 2. The number of amides is 2. The molecule has 0 saturated carbocycles. The second kappa shape index (κ2) is 16.2. The molecule has 1 saturated heterocycles. The molecule has 4 rings (SSSR count). The van der Waals surface area contributed by atoms with Crippen LogP contribution in [-0.2, 0) is 11.2 Å². The van der Waals surface area contributed by atoms with Crippen molar-refractivity contribution in [1.29, 1.82) is 0 Å². The van der Waals surface area contributed by atoms with Gasteiger partial charge in [0.05, 0.1) is 19.2 Å². The number of carboxylic acid groups (broad SMARTS) is 1. The molecule has 0 spiro atoms. The smallest absolute Gasteiger partial charge is 0.417 e. The van der Waals surface area contributed by atoms with Gasteiger partial charge in [-0.25, -0.2) is 19.1 Å². The molecular formula is C33H44FN7O5. The summed E-state index contributed by atoms with van der Waals surface area (Å²) >= 11 is 0. The standard InChI is InChI=1S/C33H44FN7O5/c1-6-23(4)36-31(42)20-24-7-9-27(29(19-24)45-5)41(33(43)44)30-11-12-35-32(38-30)37-25-8-10-28(26(34)21-25)46-18-17-39-13-15-40(16-14-39)22(2)3/h7-12,19,21-23H,6,13-18,20H2,1-5H3,(H,36,42)(H,43,44)(H,35,37,38). The molecule has 1 aliphatic rings. The molecule has 1 aromatic heterocycles. The van der Waals surface area contributed by atoms with Crippen LogP contribution in [0.5, 0.6) is 11.5 Å². The molecule has 46 heavy (non-hydrogen) atoms. The Hall–Kier alpha value is -4.49. The highest BCUT2D eigenvalue weighted by Crippen LogP contribution is 2.34. The molecule has 1 fully saturated rings. The van der Waals surface area contributed by atoms with Crippen molar-refractivity contribution in [3.05, 3.63) is 60.0 Å². The number of hydrogen-bond acceptors (Lipinski definition) is 9. The number of carbonyl (C=O) groups excluding carboxylic acids is 1. The van der Waals surface area contributed by atoms with Crippen LogP contribution in [0.1, 0.15) is 39.7 Å². The molecule has 1 unspecified atom stereocenters. The number of hydrogen-bond donors (Lipinski definition) is 3. The normalized spacial score (nSPS) is 14.5. The van der Waals surface area contributed by atoms with E-state index in [0.717, 1.165) is 37.5 Å². The summed E-state index contributed by atoms with van der Waals surface area (Å²) in [6, 6.07) is 11.3. The third kappa shape index (κ3) is 9.27. The summed E-state index contributed by atoms with van der Waals surface area (Å²) in [7, 11) is 1.42. The average molecular weight is 638 g/mol. The first-order valence-electron chi connectivity index (χ1n) is 15.6. The van der Waals surface area contributed by atoms with Crippen LogP contribution < -0.4 is 25.0 Å². The molecule has 0 bridgehead atoms. The average Bonchev–Trinajstić information content (AvgIpc) is 3.03. The maximum absolute atomic E-state index is 14.9. The highest BCUT2D eigenvalue weighted by Gasteiger charge is 2.24. The van der Waals surface area contributed by atoms with Crippen LogP contribution in [0, 0.1) is 5.82 Å². The molecule has 3 N–H and O–H groups in total. The molecule has 0 aliphatic carbocycles. The first kappa shape index (κ1) is 34.4. The van der Waals surface area contributed by atoms with Crippen molar-refractivity contribution in [3.63, 3.8) is 0 Å². The summed E-state index contributed by atoms with van der Waals surface area (Å²) in [6.45, 7) is 13.3. The van der Waals surface area contributed by atoms with Crippen molar-refractivity contribution in [3.8, 4) is 11.5 Å². The van der Waals surface area contributed by atoms with Crippen molar-refractivity contribution in [2.75, 3.05) is 56.7 Å². The number of rotatable bonds is 14. The minimum Gasteiger partial charge on any atom is -0.495 e. The van der Waals surface area contributed by atoms with Gasteiger partial charge in [-0.05, 0) is 57.0 Å². The summed E-state index contributed by atoms with van der Waals surface area (Å²) in [6.07, 6.45) is 1.02. The van der Waals surface area contributed by atoms with E-state index in [1.807, 2.05) is 13.8 Å². The molecule has 2 amide bonds. The third-order valence-corrected chi connectivity index (χ3v) is 7.92. The minimum atomic E-state index is -1.31. The number of methoxy groups -OCH3 is 1. The molecule has 12 nitrogen and oxygen atoms in total. The highest BCUT2D eigenvalue weighted by molar-refractivity contribution is 5.95. The number of nitrogens with one attached hydrogen (secondary N) is 2. The predicted octanol–water partition coefficient (Wildman–Crippen LogP) is 5.05. The van der Waals surface area contributed by atoms with E-state index in [1.165, 1.54) is 31.5 Å². The number of benzene rings is 2. The number of nitrogens with zero attached hydrogens (tertiary/aromatic N) is 5. The fourth-order valence-electron chi connectivity index (χ4n) is 5.10. The third-order valence-electron chi connectivity index (χ3n) is 7.92. The Balaban J connectivity index is 1.41. The SMILES string of the molecule is CCC(C)NC(=O)Cc1ccc(N(C(=O)O)c2ccnc(Nc3ccc(OCCN4CCN(C(C)C)CC4)c(F)c3)n2)c(OC)c1. The fraction of sp³-hybridized carbons (Fsp3) is 0.455. The molecule has 13 heteroatoms. The Morgan fingerprint density at radius 2 is 1.83 bits per heavy atom. The van der Waals surface area contributed by atoms with Gasteiger partial charge in [0.2, 0.25) is 11.9 Å². The van der Waals surface area contributed by atoms with Gasteiger partial charge >= 0.3 is 6.09 Å². The monoisotopic (exact) mass is 637 g/mol. The van der Waals surface area contributed by atoms with Crippen molar-refractivity contribution in [2.24, 2.45) is 0 Å². The zero-order valence-corrected chi connectivity index (χ0v) is 27.1. The van der Waals surface area contributed by atoms with Gasteiger partial charge in [-0.3, -0.25) is 14.6 Å². The van der Waals surface area contributed by atoms with Crippen LogP contribution in [0.4, 0.5) is 32.3 Å².